The van der Waals surface area contributed by atoms with Gasteiger partial charge in [0, 0.05) is 5.56 Å². The van der Waals surface area contributed by atoms with E-state index in [1.54, 1.807) is 13.0 Å². The van der Waals surface area contributed by atoms with E-state index in [-0.39, 0.29) is 12.7 Å². The number of rotatable bonds is 5. The number of hydrogen-bond acceptors (Lipinski definition) is 4. The smallest absolute Gasteiger partial charge is 0.339 e. The van der Waals surface area contributed by atoms with Gasteiger partial charge in [0.1, 0.15) is 5.75 Å². The molecule has 1 atom stereocenters. The summed E-state index contributed by atoms with van der Waals surface area (Å²) in [5, 5.41) is 10.1. The van der Waals surface area contributed by atoms with Crippen LogP contribution in [-0.2, 0) is 9.53 Å². The fourth-order valence-electron chi connectivity index (χ4n) is 1.78. The van der Waals surface area contributed by atoms with Crippen molar-refractivity contribution in [1.82, 2.24) is 0 Å². The number of ether oxygens (including phenoxy) is 2. The molecule has 0 bridgehead atoms. The standard InChI is InChI=1S/C14H17BrO4/c1-3-18-14(17)12(16)10-6-8(2)7-11(15)13(10)19-9-4-5-9/h6-7,9,12,16H,3-5H2,1-2H3. The summed E-state index contributed by atoms with van der Waals surface area (Å²) in [7, 11) is 0. The molecule has 1 unspecified atom stereocenters. The van der Waals surface area contributed by atoms with Gasteiger partial charge in [0.15, 0.2) is 6.10 Å². The molecule has 4 nitrogen and oxygen atoms in total. The predicted molar refractivity (Wildman–Crippen MR) is 74.1 cm³/mol. The molecule has 5 heteroatoms. The van der Waals surface area contributed by atoms with Crippen molar-refractivity contribution >= 4 is 21.9 Å². The molecule has 104 valence electrons. The predicted octanol–water partition coefficient (Wildman–Crippen LogP) is 2.90. The maximum Gasteiger partial charge on any atom is 0.339 e. The van der Waals surface area contributed by atoms with Gasteiger partial charge < -0.3 is 14.6 Å². The second-order valence-electron chi connectivity index (χ2n) is 4.64. The number of aryl methyl sites for hydroxylation is 1. The quantitative estimate of drug-likeness (QED) is 0.844. The van der Waals surface area contributed by atoms with Crippen LogP contribution in [0.3, 0.4) is 0 Å². The average molecular weight is 329 g/mol. The van der Waals surface area contributed by atoms with E-state index in [4.69, 9.17) is 9.47 Å². The molecule has 1 aromatic rings. The second-order valence-corrected chi connectivity index (χ2v) is 5.49. The number of carbonyl (C=O) groups is 1. The van der Waals surface area contributed by atoms with E-state index >= 15 is 0 Å². The van der Waals surface area contributed by atoms with Gasteiger partial charge in [0.25, 0.3) is 0 Å². The number of carbonyl (C=O) groups excluding carboxylic acids is 1. The first kappa shape index (κ1) is 14.3. The van der Waals surface area contributed by atoms with Crippen LogP contribution >= 0.6 is 15.9 Å². The summed E-state index contributed by atoms with van der Waals surface area (Å²) >= 11 is 3.42. The zero-order chi connectivity index (χ0) is 14.0. The van der Waals surface area contributed by atoms with E-state index in [1.807, 2.05) is 13.0 Å². The van der Waals surface area contributed by atoms with Gasteiger partial charge in [-0.05, 0) is 60.3 Å². The van der Waals surface area contributed by atoms with Crippen molar-refractivity contribution in [2.24, 2.45) is 0 Å². The zero-order valence-corrected chi connectivity index (χ0v) is 12.6. The van der Waals surface area contributed by atoms with E-state index in [0.29, 0.717) is 11.3 Å². The molecule has 2 rings (SSSR count). The summed E-state index contributed by atoms with van der Waals surface area (Å²) in [6, 6.07) is 3.66. The molecule has 0 aromatic heterocycles. The summed E-state index contributed by atoms with van der Waals surface area (Å²) in [4.78, 5) is 11.7. The normalized spacial score (nSPS) is 16.0. The van der Waals surface area contributed by atoms with E-state index in [0.717, 1.165) is 22.9 Å². The molecular weight excluding hydrogens is 312 g/mol. The van der Waals surface area contributed by atoms with Crippen LogP contribution in [0.1, 0.15) is 37.0 Å². The molecule has 1 aliphatic carbocycles. The molecule has 1 fully saturated rings. The second kappa shape index (κ2) is 5.92. The summed E-state index contributed by atoms with van der Waals surface area (Å²) in [6.07, 6.45) is 0.891. The Morgan fingerprint density at radius 2 is 2.21 bits per heavy atom. The van der Waals surface area contributed by atoms with Gasteiger partial charge in [0.05, 0.1) is 17.2 Å². The highest BCUT2D eigenvalue weighted by Crippen LogP contribution is 2.38. The highest BCUT2D eigenvalue weighted by molar-refractivity contribution is 9.10. The summed E-state index contributed by atoms with van der Waals surface area (Å²) in [5.41, 5.74) is 1.39. The zero-order valence-electron chi connectivity index (χ0n) is 11.0. The van der Waals surface area contributed by atoms with E-state index in [9.17, 15) is 9.90 Å². The third kappa shape index (κ3) is 3.48. The first-order chi connectivity index (χ1) is 9.02. The van der Waals surface area contributed by atoms with E-state index in [2.05, 4.69) is 15.9 Å². The molecule has 1 N–H and O–H groups in total. The van der Waals surface area contributed by atoms with Crippen molar-refractivity contribution in [1.29, 1.82) is 0 Å². The van der Waals surface area contributed by atoms with Gasteiger partial charge in [-0.3, -0.25) is 0 Å². The Morgan fingerprint density at radius 3 is 2.79 bits per heavy atom. The molecule has 0 radical (unpaired) electrons. The van der Waals surface area contributed by atoms with Crippen molar-refractivity contribution in [3.8, 4) is 5.75 Å². The molecule has 1 saturated carbocycles. The molecule has 0 aliphatic heterocycles. The summed E-state index contributed by atoms with van der Waals surface area (Å²) in [6.45, 7) is 3.84. The lowest BCUT2D eigenvalue weighted by atomic mass is 10.1. The highest BCUT2D eigenvalue weighted by Gasteiger charge is 2.29. The van der Waals surface area contributed by atoms with Crippen LogP contribution in [0.2, 0.25) is 0 Å². The van der Waals surface area contributed by atoms with Crippen molar-refractivity contribution in [2.75, 3.05) is 6.61 Å². The Morgan fingerprint density at radius 1 is 1.53 bits per heavy atom. The summed E-state index contributed by atoms with van der Waals surface area (Å²) in [5.74, 6) is -0.116. The van der Waals surface area contributed by atoms with Crippen LogP contribution in [0, 0.1) is 6.92 Å². The van der Waals surface area contributed by atoms with Crippen molar-refractivity contribution in [2.45, 2.75) is 38.9 Å². The first-order valence-corrected chi connectivity index (χ1v) is 7.13. The Labute approximate surface area is 120 Å². The minimum Gasteiger partial charge on any atom is -0.489 e. The third-order valence-electron chi connectivity index (χ3n) is 2.83. The maximum atomic E-state index is 11.7. The fraction of sp³-hybridized carbons (Fsp3) is 0.500. The fourth-order valence-corrected chi connectivity index (χ4v) is 2.47. The molecule has 19 heavy (non-hydrogen) atoms. The number of aliphatic hydroxyl groups excluding tert-OH is 1. The lowest BCUT2D eigenvalue weighted by Crippen LogP contribution is -2.17. The van der Waals surface area contributed by atoms with Crippen molar-refractivity contribution in [3.63, 3.8) is 0 Å². The minimum absolute atomic E-state index is 0.187. The molecule has 1 aromatic carbocycles. The van der Waals surface area contributed by atoms with Crippen LogP contribution in [0.4, 0.5) is 0 Å². The lowest BCUT2D eigenvalue weighted by molar-refractivity contribution is -0.153. The van der Waals surface area contributed by atoms with Gasteiger partial charge in [-0.15, -0.1) is 0 Å². The topological polar surface area (TPSA) is 55.8 Å². The van der Waals surface area contributed by atoms with Gasteiger partial charge in [0.2, 0.25) is 0 Å². The van der Waals surface area contributed by atoms with Crippen LogP contribution < -0.4 is 4.74 Å². The van der Waals surface area contributed by atoms with Crippen LogP contribution in [0.25, 0.3) is 0 Å². The molecule has 1 aliphatic rings. The summed E-state index contributed by atoms with van der Waals surface area (Å²) < 4.78 is 11.4. The SMILES string of the molecule is CCOC(=O)C(O)c1cc(C)cc(Br)c1OC1CC1. The van der Waals surface area contributed by atoms with Gasteiger partial charge in [-0.1, -0.05) is 0 Å². The number of halogens is 1. The Bertz CT molecular complexity index is 483. The van der Waals surface area contributed by atoms with Crippen molar-refractivity contribution in [3.05, 3.63) is 27.7 Å². The number of benzene rings is 1. The lowest BCUT2D eigenvalue weighted by Gasteiger charge is -2.17. The van der Waals surface area contributed by atoms with Crippen LogP contribution in [-0.4, -0.2) is 23.8 Å². The van der Waals surface area contributed by atoms with E-state index in [1.165, 1.54) is 0 Å². The first-order valence-electron chi connectivity index (χ1n) is 6.34. The van der Waals surface area contributed by atoms with E-state index < -0.39 is 12.1 Å². The van der Waals surface area contributed by atoms with Gasteiger partial charge in [-0.2, -0.15) is 0 Å². The van der Waals surface area contributed by atoms with Gasteiger partial charge in [-0.25, -0.2) is 4.79 Å². The highest BCUT2D eigenvalue weighted by atomic mass is 79.9. The number of esters is 1. The molecule has 0 saturated heterocycles. The average Bonchev–Trinajstić information content (AvgIpc) is 3.15. The van der Waals surface area contributed by atoms with Crippen LogP contribution in [0.15, 0.2) is 16.6 Å². The molecular formula is C14H17BrO4. The third-order valence-corrected chi connectivity index (χ3v) is 3.42. The molecule has 0 amide bonds. The molecule has 0 heterocycles. The van der Waals surface area contributed by atoms with Crippen molar-refractivity contribution < 1.29 is 19.4 Å². The number of aliphatic hydroxyl groups is 1. The molecule has 0 spiro atoms. The van der Waals surface area contributed by atoms with Gasteiger partial charge >= 0.3 is 5.97 Å². The Hall–Kier alpha value is -1.07. The minimum atomic E-state index is -1.31. The number of hydrogen-bond donors (Lipinski definition) is 1. The largest absolute Gasteiger partial charge is 0.489 e. The monoisotopic (exact) mass is 328 g/mol. The van der Waals surface area contributed by atoms with Crippen LogP contribution in [0.5, 0.6) is 5.75 Å². The Kier molecular flexibility index (Phi) is 4.47. The maximum absolute atomic E-state index is 11.7. The Balaban J connectivity index is 2.32.